The molecule has 0 radical (unpaired) electrons. The van der Waals surface area contributed by atoms with Crippen molar-refractivity contribution in [1.82, 2.24) is 4.31 Å². The Bertz CT molecular complexity index is 808. The monoisotopic (exact) mass is 391 g/mol. The van der Waals surface area contributed by atoms with Crippen LogP contribution in [0.4, 0.5) is 5.69 Å². The first-order chi connectivity index (χ1) is 12.7. The van der Waals surface area contributed by atoms with Gasteiger partial charge in [0.05, 0.1) is 11.0 Å². The predicted molar refractivity (Wildman–Crippen MR) is 109 cm³/mol. The molecule has 0 aliphatic carbocycles. The number of nitrogen functional groups attached to an aromatic ring is 1. The van der Waals surface area contributed by atoms with E-state index in [4.69, 9.17) is 11.5 Å². The molecule has 2 rings (SSSR count). The third kappa shape index (κ3) is 6.04. The Morgan fingerprint density at radius 1 is 1.00 bits per heavy atom. The number of benzene rings is 2. The van der Waals surface area contributed by atoms with Crippen molar-refractivity contribution >= 4 is 15.7 Å². The maximum absolute atomic E-state index is 13.0. The smallest absolute Gasteiger partial charge is 0.243 e. The number of nitrogens with zero attached hydrogens (tertiary/aromatic N) is 1. The van der Waals surface area contributed by atoms with Gasteiger partial charge in [0.2, 0.25) is 10.0 Å². The number of hydrogen-bond acceptors (Lipinski definition) is 5. The van der Waals surface area contributed by atoms with Crippen LogP contribution in [0.25, 0.3) is 0 Å². The van der Waals surface area contributed by atoms with Gasteiger partial charge in [-0.25, -0.2) is 8.42 Å². The van der Waals surface area contributed by atoms with Crippen LogP contribution in [-0.4, -0.2) is 43.1 Å². The van der Waals surface area contributed by atoms with Crippen LogP contribution >= 0.6 is 0 Å². The lowest BCUT2D eigenvalue weighted by Crippen LogP contribution is -2.47. The van der Waals surface area contributed by atoms with Crippen LogP contribution in [-0.2, 0) is 16.4 Å². The van der Waals surface area contributed by atoms with E-state index in [1.54, 1.807) is 12.1 Å². The van der Waals surface area contributed by atoms with Crippen molar-refractivity contribution in [3.8, 4) is 0 Å². The molecule has 0 spiro atoms. The Labute approximate surface area is 161 Å². The molecular formula is C20H29N3O3S. The molecule has 2 atom stereocenters. The molecule has 2 aromatic rings. The van der Waals surface area contributed by atoms with Crippen molar-refractivity contribution in [2.45, 2.75) is 37.3 Å². The number of rotatable bonds is 9. The minimum absolute atomic E-state index is 0.0567. The van der Waals surface area contributed by atoms with Crippen LogP contribution in [0.3, 0.4) is 0 Å². The highest BCUT2D eigenvalue weighted by atomic mass is 32.2. The molecule has 0 aliphatic rings. The van der Waals surface area contributed by atoms with Gasteiger partial charge in [0.15, 0.2) is 0 Å². The summed E-state index contributed by atoms with van der Waals surface area (Å²) in [4.78, 5) is 0.154. The van der Waals surface area contributed by atoms with Crippen molar-refractivity contribution < 1.29 is 13.5 Å². The van der Waals surface area contributed by atoms with Gasteiger partial charge in [-0.1, -0.05) is 44.2 Å². The summed E-state index contributed by atoms with van der Waals surface area (Å²) >= 11 is 0. The molecule has 0 saturated heterocycles. The van der Waals surface area contributed by atoms with Gasteiger partial charge in [-0.2, -0.15) is 4.31 Å². The number of nitrogens with two attached hydrogens (primary N) is 2. The largest absolute Gasteiger partial charge is 0.399 e. The molecule has 0 aliphatic heterocycles. The number of aliphatic hydroxyl groups is 1. The van der Waals surface area contributed by atoms with Gasteiger partial charge in [0, 0.05) is 24.8 Å². The van der Waals surface area contributed by atoms with Gasteiger partial charge in [-0.15, -0.1) is 0 Å². The lowest BCUT2D eigenvalue weighted by molar-refractivity contribution is 0.116. The number of sulfonamides is 1. The van der Waals surface area contributed by atoms with Crippen molar-refractivity contribution in [2.24, 2.45) is 11.7 Å². The molecule has 7 heteroatoms. The van der Waals surface area contributed by atoms with E-state index in [1.165, 1.54) is 16.4 Å². The molecule has 148 valence electrons. The second-order valence-corrected chi connectivity index (χ2v) is 9.14. The fraction of sp³-hybridized carbons (Fsp3) is 0.400. The molecule has 2 aromatic carbocycles. The minimum Gasteiger partial charge on any atom is -0.399 e. The zero-order chi connectivity index (χ0) is 20.0. The maximum atomic E-state index is 13.0. The zero-order valence-corrected chi connectivity index (χ0v) is 16.6. The third-order valence-corrected chi connectivity index (χ3v) is 6.13. The van der Waals surface area contributed by atoms with E-state index in [0.29, 0.717) is 18.7 Å². The summed E-state index contributed by atoms with van der Waals surface area (Å²) < 4.78 is 27.4. The second-order valence-electron chi connectivity index (χ2n) is 7.21. The van der Waals surface area contributed by atoms with Crippen molar-refractivity contribution in [1.29, 1.82) is 0 Å². The van der Waals surface area contributed by atoms with E-state index in [2.05, 4.69) is 0 Å². The molecule has 0 aromatic heterocycles. The molecule has 0 unspecified atom stereocenters. The first kappa shape index (κ1) is 21.4. The van der Waals surface area contributed by atoms with Crippen molar-refractivity contribution in [3.05, 3.63) is 60.2 Å². The second kappa shape index (κ2) is 9.32. The summed E-state index contributed by atoms with van der Waals surface area (Å²) in [6, 6.07) is 15.1. The molecule has 0 amide bonds. The highest BCUT2D eigenvalue weighted by Crippen LogP contribution is 2.19. The molecule has 0 bridgehead atoms. The molecule has 0 fully saturated rings. The number of aliphatic hydroxyl groups excluding tert-OH is 1. The average Bonchev–Trinajstić information content (AvgIpc) is 2.62. The van der Waals surface area contributed by atoms with E-state index in [0.717, 1.165) is 5.56 Å². The van der Waals surface area contributed by atoms with E-state index in [-0.39, 0.29) is 17.4 Å². The Morgan fingerprint density at radius 3 is 2.15 bits per heavy atom. The summed E-state index contributed by atoms with van der Waals surface area (Å²) in [5, 5.41) is 10.6. The van der Waals surface area contributed by atoms with E-state index < -0.39 is 22.2 Å². The number of anilines is 1. The van der Waals surface area contributed by atoms with Crippen LogP contribution in [0.15, 0.2) is 59.5 Å². The minimum atomic E-state index is -3.75. The van der Waals surface area contributed by atoms with Crippen LogP contribution in [0.1, 0.15) is 19.4 Å². The van der Waals surface area contributed by atoms with Gasteiger partial charge in [0.1, 0.15) is 0 Å². The summed E-state index contributed by atoms with van der Waals surface area (Å²) in [6.45, 7) is 4.10. The Kier molecular flexibility index (Phi) is 7.38. The Hall–Kier alpha value is -1.93. The lowest BCUT2D eigenvalue weighted by atomic mass is 10.0. The Morgan fingerprint density at radius 2 is 1.59 bits per heavy atom. The van der Waals surface area contributed by atoms with Crippen LogP contribution < -0.4 is 11.5 Å². The molecule has 0 saturated carbocycles. The average molecular weight is 392 g/mol. The van der Waals surface area contributed by atoms with Crippen molar-refractivity contribution in [3.63, 3.8) is 0 Å². The summed E-state index contributed by atoms with van der Waals surface area (Å²) in [5.74, 6) is 0.103. The topological polar surface area (TPSA) is 110 Å². The third-order valence-electron chi connectivity index (χ3n) is 4.29. The summed E-state index contributed by atoms with van der Waals surface area (Å²) in [6.07, 6.45) is -0.507. The highest BCUT2D eigenvalue weighted by molar-refractivity contribution is 7.89. The summed E-state index contributed by atoms with van der Waals surface area (Å²) in [7, 11) is -3.75. The Balaban J connectivity index is 2.16. The fourth-order valence-electron chi connectivity index (χ4n) is 2.83. The van der Waals surface area contributed by atoms with Gasteiger partial charge in [0.25, 0.3) is 0 Å². The normalized spacial score (nSPS) is 14.4. The van der Waals surface area contributed by atoms with Gasteiger partial charge in [-0.05, 0) is 42.2 Å². The first-order valence-corrected chi connectivity index (χ1v) is 10.5. The SMILES string of the molecule is CC(C)CN(C[C@H](O)[C@H](N)Cc1ccccc1)S(=O)(=O)c1ccc(N)cc1. The highest BCUT2D eigenvalue weighted by Gasteiger charge is 2.29. The van der Waals surface area contributed by atoms with E-state index >= 15 is 0 Å². The standard InChI is InChI=1S/C20H29N3O3S/c1-15(2)13-23(27(25,26)18-10-8-17(21)9-11-18)14-20(24)19(22)12-16-6-4-3-5-7-16/h3-11,15,19-20,24H,12-14,21-22H2,1-2H3/t19-,20+/m1/s1. The molecule has 0 heterocycles. The van der Waals surface area contributed by atoms with Crippen LogP contribution in [0, 0.1) is 5.92 Å². The predicted octanol–water partition coefficient (Wildman–Crippen LogP) is 1.85. The number of hydrogen-bond donors (Lipinski definition) is 3. The molecular weight excluding hydrogens is 362 g/mol. The fourth-order valence-corrected chi connectivity index (χ4v) is 4.45. The van der Waals surface area contributed by atoms with Gasteiger partial charge >= 0.3 is 0 Å². The lowest BCUT2D eigenvalue weighted by Gasteiger charge is -2.28. The van der Waals surface area contributed by atoms with Crippen molar-refractivity contribution in [2.75, 3.05) is 18.8 Å². The van der Waals surface area contributed by atoms with E-state index in [9.17, 15) is 13.5 Å². The quantitative estimate of drug-likeness (QED) is 0.565. The zero-order valence-electron chi connectivity index (χ0n) is 15.8. The van der Waals surface area contributed by atoms with Crippen LogP contribution in [0.5, 0.6) is 0 Å². The molecule has 6 nitrogen and oxygen atoms in total. The van der Waals surface area contributed by atoms with Gasteiger partial charge < -0.3 is 16.6 Å². The van der Waals surface area contributed by atoms with E-state index in [1.807, 2.05) is 44.2 Å². The van der Waals surface area contributed by atoms with Gasteiger partial charge in [-0.3, -0.25) is 0 Å². The van der Waals surface area contributed by atoms with Crippen LogP contribution in [0.2, 0.25) is 0 Å². The molecule has 5 N–H and O–H groups in total. The molecule has 27 heavy (non-hydrogen) atoms. The summed E-state index contributed by atoms with van der Waals surface area (Å²) in [5.41, 5.74) is 13.3. The first-order valence-electron chi connectivity index (χ1n) is 9.03. The maximum Gasteiger partial charge on any atom is 0.243 e.